The lowest BCUT2D eigenvalue weighted by Crippen LogP contribution is -2.40. The Morgan fingerprint density at radius 1 is 0.978 bits per heavy atom. The molecule has 5 aromatic rings. The number of hydrogen-bond donors (Lipinski definition) is 4. The van der Waals surface area contributed by atoms with Gasteiger partial charge in [0, 0.05) is 21.8 Å². The van der Waals surface area contributed by atoms with Crippen LogP contribution in [0.3, 0.4) is 0 Å². The fraction of sp³-hybridized carbons (Fsp3) is 0.229. The summed E-state index contributed by atoms with van der Waals surface area (Å²) in [6, 6.07) is 26.1. The summed E-state index contributed by atoms with van der Waals surface area (Å²) >= 11 is 6.04. The largest absolute Gasteiger partial charge is 0.497 e. The minimum atomic E-state index is -0.699. The quantitative estimate of drug-likeness (QED) is 0.0880. The van der Waals surface area contributed by atoms with Crippen LogP contribution in [0.2, 0.25) is 5.02 Å². The third-order valence-electron chi connectivity index (χ3n) is 8.00. The van der Waals surface area contributed by atoms with Gasteiger partial charge in [0.25, 0.3) is 5.91 Å². The zero-order valence-electron chi connectivity index (χ0n) is 25.3. The Kier molecular flexibility index (Phi) is 8.94. The highest BCUT2D eigenvalue weighted by Crippen LogP contribution is 2.34. The van der Waals surface area contributed by atoms with Gasteiger partial charge in [0.05, 0.1) is 23.8 Å². The fourth-order valence-corrected chi connectivity index (χ4v) is 5.44. The number of carbonyl (C=O) groups excluding carboxylic acids is 2. The van der Waals surface area contributed by atoms with E-state index in [4.69, 9.17) is 37.5 Å². The van der Waals surface area contributed by atoms with Crippen molar-refractivity contribution in [2.75, 3.05) is 19.0 Å². The Balaban J connectivity index is 1.35. The van der Waals surface area contributed by atoms with E-state index in [0.717, 1.165) is 18.4 Å². The van der Waals surface area contributed by atoms with Crippen molar-refractivity contribution in [1.82, 2.24) is 14.9 Å². The van der Waals surface area contributed by atoms with Gasteiger partial charge in [-0.25, -0.2) is 4.98 Å². The van der Waals surface area contributed by atoms with Crippen LogP contribution in [0.4, 0.5) is 5.69 Å². The minimum Gasteiger partial charge on any atom is -0.497 e. The van der Waals surface area contributed by atoms with Crippen molar-refractivity contribution < 1.29 is 19.1 Å². The maximum Gasteiger partial charge on any atom is 0.255 e. The van der Waals surface area contributed by atoms with E-state index < -0.39 is 11.9 Å². The number of aromatic nitrogens is 2. The van der Waals surface area contributed by atoms with E-state index in [-0.39, 0.29) is 11.6 Å². The van der Waals surface area contributed by atoms with Crippen LogP contribution >= 0.6 is 11.6 Å². The molecule has 1 heterocycles. The molecule has 11 heteroatoms. The average Bonchev–Trinajstić information content (AvgIpc) is 3.68. The topological polar surface area (TPSA) is 147 Å². The van der Waals surface area contributed by atoms with Gasteiger partial charge in [0.15, 0.2) is 0 Å². The zero-order chi connectivity index (χ0) is 32.3. The summed E-state index contributed by atoms with van der Waals surface area (Å²) in [5.74, 6) is 1.64. The van der Waals surface area contributed by atoms with Gasteiger partial charge in [0.1, 0.15) is 29.1 Å². The first-order valence-corrected chi connectivity index (χ1v) is 15.4. The number of benzene rings is 4. The van der Waals surface area contributed by atoms with Gasteiger partial charge in [-0.05, 0) is 111 Å². The van der Waals surface area contributed by atoms with Crippen LogP contribution in [0.15, 0.2) is 91.0 Å². The summed E-state index contributed by atoms with van der Waals surface area (Å²) in [6.45, 7) is 0.655. The number of halogens is 1. The second kappa shape index (κ2) is 13.2. The van der Waals surface area contributed by atoms with Gasteiger partial charge >= 0.3 is 0 Å². The van der Waals surface area contributed by atoms with Crippen LogP contribution in [-0.4, -0.2) is 40.7 Å². The standard InChI is InChI=1S/C35H35ClN6O4/c1-45-26-14-10-25(11-15-26)40-34(44)23-7-16-30-29(21-23)41-33(42(30)31(32(37)43)6-3-19-39-35(38)17-18-35)22-4-2-5-28(20-22)46-27-12-8-24(36)9-13-27/h2,4-5,7-16,20-21,31,39H,3,6,17-19,38H2,1H3,(H2,37,43)(H,40,44)/t31-/m0/s1. The van der Waals surface area contributed by atoms with E-state index in [0.29, 0.717) is 69.8 Å². The van der Waals surface area contributed by atoms with Crippen LogP contribution in [-0.2, 0) is 4.79 Å². The number of nitrogens with two attached hydrogens (primary N) is 2. The van der Waals surface area contributed by atoms with Gasteiger partial charge in [0.2, 0.25) is 5.91 Å². The molecule has 0 aliphatic heterocycles. The van der Waals surface area contributed by atoms with E-state index in [2.05, 4.69) is 10.6 Å². The average molecular weight is 639 g/mol. The Labute approximate surface area is 271 Å². The lowest BCUT2D eigenvalue weighted by Gasteiger charge is -2.20. The van der Waals surface area contributed by atoms with Crippen LogP contribution in [0.1, 0.15) is 42.1 Å². The maximum atomic E-state index is 13.2. The molecule has 1 aliphatic carbocycles. The molecule has 46 heavy (non-hydrogen) atoms. The zero-order valence-corrected chi connectivity index (χ0v) is 26.1. The monoisotopic (exact) mass is 638 g/mol. The van der Waals surface area contributed by atoms with Gasteiger partial charge in [-0.1, -0.05) is 23.7 Å². The molecule has 0 bridgehead atoms. The number of ether oxygens (including phenoxy) is 2. The molecule has 0 unspecified atom stereocenters. The van der Waals surface area contributed by atoms with Gasteiger partial charge < -0.3 is 30.8 Å². The van der Waals surface area contributed by atoms with Gasteiger partial charge in [-0.2, -0.15) is 0 Å². The number of nitrogens with one attached hydrogen (secondary N) is 2. The number of hydrogen-bond acceptors (Lipinski definition) is 7. The third-order valence-corrected chi connectivity index (χ3v) is 8.25. The minimum absolute atomic E-state index is 0.296. The summed E-state index contributed by atoms with van der Waals surface area (Å²) in [5.41, 5.74) is 14.9. The number of anilines is 1. The van der Waals surface area contributed by atoms with Crippen LogP contribution in [0.25, 0.3) is 22.4 Å². The molecular weight excluding hydrogens is 604 g/mol. The van der Waals surface area contributed by atoms with E-state index in [9.17, 15) is 9.59 Å². The molecule has 236 valence electrons. The number of methoxy groups -OCH3 is 1. The number of amides is 2. The maximum absolute atomic E-state index is 13.2. The molecule has 1 aromatic heterocycles. The first kappa shape index (κ1) is 31.1. The molecule has 0 spiro atoms. The molecule has 1 aliphatic rings. The molecule has 1 atom stereocenters. The number of rotatable bonds is 13. The molecule has 2 amide bonds. The van der Waals surface area contributed by atoms with Crippen LogP contribution in [0.5, 0.6) is 17.2 Å². The molecule has 6 rings (SSSR count). The summed E-state index contributed by atoms with van der Waals surface area (Å²) in [4.78, 5) is 31.2. The lowest BCUT2D eigenvalue weighted by molar-refractivity contribution is -0.121. The van der Waals surface area contributed by atoms with E-state index in [1.807, 2.05) is 28.8 Å². The van der Waals surface area contributed by atoms with Crippen molar-refractivity contribution in [1.29, 1.82) is 0 Å². The number of imidazole rings is 1. The fourth-order valence-electron chi connectivity index (χ4n) is 5.32. The van der Waals surface area contributed by atoms with Crippen LogP contribution < -0.4 is 31.6 Å². The highest BCUT2D eigenvalue weighted by Gasteiger charge is 2.37. The normalized spacial score (nSPS) is 14.1. The molecule has 6 N–H and O–H groups in total. The van der Waals surface area contributed by atoms with Crippen LogP contribution in [0, 0.1) is 0 Å². The second-order valence-electron chi connectivity index (χ2n) is 11.4. The predicted molar refractivity (Wildman–Crippen MR) is 179 cm³/mol. The van der Waals surface area contributed by atoms with Crippen molar-refractivity contribution in [2.24, 2.45) is 11.5 Å². The van der Waals surface area contributed by atoms with E-state index in [1.54, 1.807) is 73.8 Å². The van der Waals surface area contributed by atoms with Crippen molar-refractivity contribution in [2.45, 2.75) is 37.4 Å². The SMILES string of the molecule is COc1ccc(NC(=O)c2ccc3c(c2)nc(-c2cccc(Oc4ccc(Cl)cc4)c2)n3[C@@H](CCCNC2(N)CC2)C(N)=O)cc1. The van der Waals surface area contributed by atoms with Crippen molar-refractivity contribution in [3.8, 4) is 28.6 Å². The second-order valence-corrected chi connectivity index (χ2v) is 11.9. The Morgan fingerprint density at radius 2 is 1.72 bits per heavy atom. The summed E-state index contributed by atoms with van der Waals surface area (Å²) in [6.07, 6.45) is 3.02. The molecule has 10 nitrogen and oxygen atoms in total. The van der Waals surface area contributed by atoms with Gasteiger partial charge in [-0.15, -0.1) is 0 Å². The van der Waals surface area contributed by atoms with Crippen molar-refractivity contribution in [3.63, 3.8) is 0 Å². The lowest BCUT2D eigenvalue weighted by atomic mass is 10.1. The summed E-state index contributed by atoms with van der Waals surface area (Å²) in [7, 11) is 1.59. The molecule has 1 fully saturated rings. The Bertz CT molecular complexity index is 1870. The molecule has 1 saturated carbocycles. The van der Waals surface area contributed by atoms with Crippen molar-refractivity contribution in [3.05, 3.63) is 102 Å². The highest BCUT2D eigenvalue weighted by atomic mass is 35.5. The number of fused-ring (bicyclic) bond motifs is 1. The predicted octanol–water partition coefficient (Wildman–Crippen LogP) is 6.25. The number of nitrogens with zero attached hydrogens (tertiary/aromatic N) is 2. The smallest absolute Gasteiger partial charge is 0.255 e. The number of carbonyl (C=O) groups is 2. The molecule has 0 radical (unpaired) electrons. The third kappa shape index (κ3) is 7.15. The highest BCUT2D eigenvalue weighted by molar-refractivity contribution is 6.30. The summed E-state index contributed by atoms with van der Waals surface area (Å²) < 4.78 is 13.2. The van der Waals surface area contributed by atoms with Gasteiger partial charge in [-0.3, -0.25) is 14.9 Å². The molecule has 4 aromatic carbocycles. The van der Waals surface area contributed by atoms with E-state index >= 15 is 0 Å². The van der Waals surface area contributed by atoms with Crippen molar-refractivity contribution >= 4 is 40.1 Å². The Hall–Kier alpha value is -4.90. The van der Waals surface area contributed by atoms with E-state index in [1.165, 1.54) is 0 Å². The summed E-state index contributed by atoms with van der Waals surface area (Å²) in [5, 5.41) is 6.88. The first-order chi connectivity index (χ1) is 22.2. The molecule has 0 saturated heterocycles. The Morgan fingerprint density at radius 3 is 2.41 bits per heavy atom. The molecular formula is C35H35ClN6O4. The number of primary amides is 1. The first-order valence-electron chi connectivity index (χ1n) is 15.1.